The van der Waals surface area contributed by atoms with E-state index in [0.717, 1.165) is 21.3 Å². The highest BCUT2D eigenvalue weighted by molar-refractivity contribution is 9.10. The molecule has 0 spiro atoms. The number of aryl methyl sites for hydroxylation is 1. The Morgan fingerprint density at radius 2 is 1.67 bits per heavy atom. The van der Waals surface area contributed by atoms with Gasteiger partial charge in [-0.1, -0.05) is 40.2 Å². The summed E-state index contributed by atoms with van der Waals surface area (Å²) in [6.45, 7) is 5.13. The molecule has 1 aliphatic rings. The number of piperazine rings is 1. The van der Waals surface area contributed by atoms with E-state index in [-0.39, 0.29) is 11.8 Å². The fraction of sp³-hybridized carbons (Fsp3) is 0.333. The number of carbonyl (C=O) groups is 2. The molecule has 0 radical (unpaired) electrons. The largest absolute Gasteiger partial charge is 0.340 e. The second kappa shape index (κ2) is 9.15. The Morgan fingerprint density at radius 1 is 1.00 bits per heavy atom. The van der Waals surface area contributed by atoms with Crippen LogP contribution in [-0.2, 0) is 16.0 Å². The Labute approximate surface area is 168 Å². The monoisotopic (exact) mass is 429 g/mol. The van der Waals surface area contributed by atoms with E-state index in [1.807, 2.05) is 60.4 Å². The van der Waals surface area contributed by atoms with Crippen molar-refractivity contribution in [3.63, 3.8) is 0 Å². The first-order chi connectivity index (χ1) is 13.0. The van der Waals surface area contributed by atoms with Gasteiger partial charge >= 0.3 is 0 Å². The second-order valence-corrected chi connectivity index (χ2v) is 7.73. The van der Waals surface area contributed by atoms with Crippen LogP contribution in [0.25, 0.3) is 0 Å². The molecule has 2 aromatic carbocycles. The number of anilines is 1. The molecule has 1 aliphatic heterocycles. The van der Waals surface area contributed by atoms with Gasteiger partial charge in [-0.3, -0.25) is 14.5 Å². The fourth-order valence-corrected chi connectivity index (χ4v) is 3.44. The summed E-state index contributed by atoms with van der Waals surface area (Å²) in [6, 6.07) is 15.5. The van der Waals surface area contributed by atoms with E-state index in [4.69, 9.17) is 0 Å². The van der Waals surface area contributed by atoms with Crippen LogP contribution < -0.4 is 5.32 Å². The lowest BCUT2D eigenvalue weighted by Crippen LogP contribution is -2.50. The Balaban J connectivity index is 1.44. The van der Waals surface area contributed by atoms with E-state index in [0.29, 0.717) is 39.1 Å². The third-order valence-electron chi connectivity index (χ3n) is 4.82. The third kappa shape index (κ3) is 5.65. The molecule has 1 fully saturated rings. The van der Waals surface area contributed by atoms with E-state index in [1.165, 1.54) is 0 Å². The molecule has 1 saturated heterocycles. The average molecular weight is 430 g/mol. The van der Waals surface area contributed by atoms with Gasteiger partial charge in [-0.2, -0.15) is 0 Å². The predicted octanol–water partition coefficient (Wildman–Crippen LogP) is 3.08. The number of rotatable bonds is 5. The first kappa shape index (κ1) is 19.6. The number of benzene rings is 2. The molecule has 0 saturated carbocycles. The van der Waals surface area contributed by atoms with Crippen molar-refractivity contribution in [2.45, 2.75) is 13.3 Å². The number of nitrogens with zero attached hydrogens (tertiary/aromatic N) is 2. The van der Waals surface area contributed by atoms with E-state index in [9.17, 15) is 9.59 Å². The van der Waals surface area contributed by atoms with Crippen LogP contribution >= 0.6 is 15.9 Å². The van der Waals surface area contributed by atoms with Crippen molar-refractivity contribution in [2.24, 2.45) is 0 Å². The molecule has 0 aromatic heterocycles. The highest BCUT2D eigenvalue weighted by atomic mass is 79.9. The number of carbonyl (C=O) groups excluding carboxylic acids is 2. The third-order valence-corrected chi connectivity index (χ3v) is 5.35. The molecule has 0 atom stereocenters. The Hall–Kier alpha value is -2.18. The maximum atomic E-state index is 12.5. The summed E-state index contributed by atoms with van der Waals surface area (Å²) in [4.78, 5) is 28.7. The van der Waals surface area contributed by atoms with Crippen molar-refractivity contribution in [1.82, 2.24) is 9.80 Å². The van der Waals surface area contributed by atoms with Crippen LogP contribution in [0.4, 0.5) is 5.69 Å². The van der Waals surface area contributed by atoms with Crippen LogP contribution in [0.2, 0.25) is 0 Å². The zero-order valence-corrected chi connectivity index (χ0v) is 17.0. The standard InChI is InChI=1S/C21H24BrN3O2/c1-16-4-2-3-5-17(16)14-21(27)25-12-10-24(11-13-25)15-20(26)23-19-8-6-18(22)7-9-19/h2-9H,10-15H2,1H3,(H,23,26). The van der Waals surface area contributed by atoms with Crippen molar-refractivity contribution >= 4 is 33.4 Å². The molecule has 142 valence electrons. The zero-order chi connectivity index (χ0) is 19.2. The highest BCUT2D eigenvalue weighted by Crippen LogP contribution is 2.14. The SMILES string of the molecule is Cc1ccccc1CC(=O)N1CCN(CC(=O)Nc2ccc(Br)cc2)CC1. The van der Waals surface area contributed by atoms with Crippen molar-refractivity contribution in [2.75, 3.05) is 38.0 Å². The lowest BCUT2D eigenvalue weighted by molar-refractivity contribution is -0.132. The van der Waals surface area contributed by atoms with Gasteiger partial charge in [-0.15, -0.1) is 0 Å². The van der Waals surface area contributed by atoms with Crippen LogP contribution in [0.5, 0.6) is 0 Å². The normalized spacial score (nSPS) is 14.8. The number of hydrogen-bond acceptors (Lipinski definition) is 3. The lowest BCUT2D eigenvalue weighted by Gasteiger charge is -2.34. The summed E-state index contributed by atoms with van der Waals surface area (Å²) in [5.41, 5.74) is 3.02. The number of hydrogen-bond donors (Lipinski definition) is 1. The van der Waals surface area contributed by atoms with Crippen LogP contribution in [-0.4, -0.2) is 54.3 Å². The second-order valence-electron chi connectivity index (χ2n) is 6.82. The smallest absolute Gasteiger partial charge is 0.238 e. The summed E-state index contributed by atoms with van der Waals surface area (Å²) in [5.74, 6) is 0.125. The van der Waals surface area contributed by atoms with Crippen LogP contribution in [0.15, 0.2) is 53.0 Å². The van der Waals surface area contributed by atoms with Crippen LogP contribution in [0.1, 0.15) is 11.1 Å². The van der Waals surface area contributed by atoms with Crippen molar-refractivity contribution < 1.29 is 9.59 Å². The first-order valence-electron chi connectivity index (χ1n) is 9.11. The van der Waals surface area contributed by atoms with Crippen LogP contribution in [0.3, 0.4) is 0 Å². The Morgan fingerprint density at radius 3 is 2.33 bits per heavy atom. The fourth-order valence-electron chi connectivity index (χ4n) is 3.18. The van der Waals surface area contributed by atoms with Crippen LogP contribution in [0, 0.1) is 6.92 Å². The van der Waals surface area contributed by atoms with Gasteiger partial charge in [0.1, 0.15) is 0 Å². The molecule has 6 heteroatoms. The number of halogens is 1. The molecule has 1 N–H and O–H groups in total. The Kier molecular flexibility index (Phi) is 6.63. The molecule has 0 unspecified atom stereocenters. The quantitative estimate of drug-likeness (QED) is 0.794. The Bertz CT molecular complexity index is 799. The average Bonchev–Trinajstić information content (AvgIpc) is 2.66. The molecular weight excluding hydrogens is 406 g/mol. The molecule has 1 heterocycles. The van der Waals surface area contributed by atoms with Crippen molar-refractivity contribution in [3.8, 4) is 0 Å². The molecule has 2 aromatic rings. The molecular formula is C21H24BrN3O2. The summed E-state index contributed by atoms with van der Waals surface area (Å²) < 4.78 is 0.979. The van der Waals surface area contributed by atoms with Gasteiger partial charge in [0, 0.05) is 36.3 Å². The van der Waals surface area contributed by atoms with E-state index in [1.54, 1.807) is 0 Å². The van der Waals surface area contributed by atoms with Gasteiger partial charge in [0.05, 0.1) is 13.0 Å². The predicted molar refractivity (Wildman–Crippen MR) is 111 cm³/mol. The first-order valence-corrected chi connectivity index (χ1v) is 9.90. The molecule has 27 heavy (non-hydrogen) atoms. The van der Waals surface area contributed by atoms with Crippen molar-refractivity contribution in [3.05, 3.63) is 64.1 Å². The minimum absolute atomic E-state index is 0.0305. The maximum absolute atomic E-state index is 12.5. The highest BCUT2D eigenvalue weighted by Gasteiger charge is 2.22. The van der Waals surface area contributed by atoms with Crippen molar-refractivity contribution in [1.29, 1.82) is 0 Å². The lowest BCUT2D eigenvalue weighted by atomic mass is 10.1. The maximum Gasteiger partial charge on any atom is 0.238 e. The molecule has 0 bridgehead atoms. The summed E-state index contributed by atoms with van der Waals surface area (Å²) in [5, 5.41) is 2.91. The summed E-state index contributed by atoms with van der Waals surface area (Å²) >= 11 is 3.38. The van der Waals surface area contributed by atoms with Gasteiger partial charge in [0.25, 0.3) is 0 Å². The van der Waals surface area contributed by atoms with E-state index >= 15 is 0 Å². The molecule has 3 rings (SSSR count). The van der Waals surface area contributed by atoms with Gasteiger partial charge in [-0.05, 0) is 42.3 Å². The number of amides is 2. The minimum atomic E-state index is -0.0305. The minimum Gasteiger partial charge on any atom is -0.340 e. The molecule has 5 nitrogen and oxygen atoms in total. The van der Waals surface area contributed by atoms with E-state index < -0.39 is 0 Å². The topological polar surface area (TPSA) is 52.7 Å². The summed E-state index contributed by atoms with van der Waals surface area (Å²) in [7, 11) is 0. The van der Waals surface area contributed by atoms with E-state index in [2.05, 4.69) is 26.1 Å². The zero-order valence-electron chi connectivity index (χ0n) is 15.5. The van der Waals surface area contributed by atoms with Gasteiger partial charge in [-0.25, -0.2) is 0 Å². The van der Waals surface area contributed by atoms with Gasteiger partial charge < -0.3 is 10.2 Å². The van der Waals surface area contributed by atoms with Gasteiger partial charge in [0.2, 0.25) is 11.8 Å². The van der Waals surface area contributed by atoms with Gasteiger partial charge in [0.15, 0.2) is 0 Å². The molecule has 2 amide bonds. The summed E-state index contributed by atoms with van der Waals surface area (Å²) in [6.07, 6.45) is 0.441. The number of nitrogens with one attached hydrogen (secondary N) is 1. The molecule has 0 aliphatic carbocycles.